The van der Waals surface area contributed by atoms with Crippen molar-refractivity contribution in [3.63, 3.8) is 0 Å². The molecule has 4 aromatic rings. The average Bonchev–Trinajstić information content (AvgIpc) is 3.42. The number of nitrogens with zero attached hydrogens (tertiary/aromatic N) is 6. The van der Waals surface area contributed by atoms with Crippen LogP contribution in [-0.4, -0.2) is 64.9 Å². The minimum atomic E-state index is -0.604. The number of hydrogen-bond acceptors (Lipinski definition) is 7. The van der Waals surface area contributed by atoms with Crippen molar-refractivity contribution >= 4 is 34.3 Å². The monoisotopic (exact) mass is 565 g/mol. The van der Waals surface area contributed by atoms with Gasteiger partial charge in [0.2, 0.25) is 0 Å². The van der Waals surface area contributed by atoms with Gasteiger partial charge in [0.25, 0.3) is 11.5 Å². The van der Waals surface area contributed by atoms with E-state index in [9.17, 15) is 18.8 Å². The Morgan fingerprint density at radius 2 is 1.82 bits per heavy atom. The predicted octanol–water partition coefficient (Wildman–Crippen LogP) is 3.00. The lowest BCUT2D eigenvalue weighted by molar-refractivity contribution is 0.0613. The summed E-state index contributed by atoms with van der Waals surface area (Å²) in [5.74, 6) is 1.05. The first-order chi connectivity index (χ1) is 19.5. The number of amides is 1. The van der Waals surface area contributed by atoms with Gasteiger partial charge in [0.15, 0.2) is 0 Å². The Labute approximate surface area is 234 Å². The number of thioether (sulfide) groups is 1. The van der Waals surface area contributed by atoms with Crippen LogP contribution in [0.5, 0.6) is 0 Å². The zero-order valence-corrected chi connectivity index (χ0v) is 22.9. The van der Waals surface area contributed by atoms with E-state index < -0.39 is 11.4 Å². The fraction of sp³-hybridized carbons (Fsp3) is 0.464. The zero-order chi connectivity index (χ0) is 27.8. The van der Waals surface area contributed by atoms with Crippen molar-refractivity contribution in [2.45, 2.75) is 56.7 Å². The Morgan fingerprint density at radius 1 is 1.07 bits per heavy atom. The van der Waals surface area contributed by atoms with Gasteiger partial charge in [-0.05, 0) is 68.2 Å². The van der Waals surface area contributed by atoms with Crippen molar-refractivity contribution in [3.8, 4) is 0 Å². The molecule has 1 aliphatic heterocycles. The van der Waals surface area contributed by atoms with Crippen LogP contribution in [0.4, 0.5) is 4.39 Å². The summed E-state index contributed by atoms with van der Waals surface area (Å²) in [7, 11) is 0. The van der Waals surface area contributed by atoms with Crippen molar-refractivity contribution in [3.05, 3.63) is 75.2 Å². The van der Waals surface area contributed by atoms with Gasteiger partial charge in [-0.15, -0.1) is 0 Å². The molecular formula is C28H32FN7O3S. The molecule has 5 heterocycles. The van der Waals surface area contributed by atoms with Crippen molar-refractivity contribution in [2.75, 3.05) is 24.6 Å². The molecule has 2 N–H and O–H groups in total. The van der Waals surface area contributed by atoms with Gasteiger partial charge in [-0.1, -0.05) is 6.07 Å². The maximum absolute atomic E-state index is 14.2. The second-order valence-electron chi connectivity index (χ2n) is 10.5. The molecule has 2 aliphatic rings. The molecule has 10 nitrogen and oxygen atoms in total. The van der Waals surface area contributed by atoms with Gasteiger partial charge >= 0.3 is 5.69 Å². The highest BCUT2D eigenvalue weighted by molar-refractivity contribution is 7.99. The number of imidazole rings is 1. The van der Waals surface area contributed by atoms with E-state index in [1.165, 1.54) is 10.6 Å². The molecule has 1 amide bonds. The van der Waals surface area contributed by atoms with Crippen LogP contribution >= 0.6 is 11.8 Å². The highest BCUT2D eigenvalue weighted by atomic mass is 32.2. The molecule has 12 heteroatoms. The molecular weight excluding hydrogens is 533 g/mol. The third-order valence-corrected chi connectivity index (χ3v) is 9.21. The number of carbonyl (C=O) groups is 1. The summed E-state index contributed by atoms with van der Waals surface area (Å²) in [6.45, 7) is 0.696. The predicted molar refractivity (Wildman–Crippen MR) is 152 cm³/mol. The number of nitrogens with two attached hydrogens (primary N) is 1. The third-order valence-electron chi connectivity index (χ3n) is 8.16. The Bertz CT molecular complexity index is 1640. The maximum Gasteiger partial charge on any atom is 0.333 e. The van der Waals surface area contributed by atoms with Gasteiger partial charge in [0.1, 0.15) is 22.8 Å². The van der Waals surface area contributed by atoms with E-state index in [1.807, 2.05) is 40.6 Å². The van der Waals surface area contributed by atoms with E-state index in [-0.39, 0.29) is 40.8 Å². The first-order valence-corrected chi connectivity index (χ1v) is 15.0. The molecule has 40 heavy (non-hydrogen) atoms. The molecule has 1 saturated heterocycles. The summed E-state index contributed by atoms with van der Waals surface area (Å²) in [4.78, 5) is 51.4. The Morgan fingerprint density at radius 3 is 2.55 bits per heavy atom. The number of aromatic nitrogens is 5. The lowest BCUT2D eigenvalue weighted by Crippen LogP contribution is -2.48. The minimum absolute atomic E-state index is 0.0829. The first-order valence-electron chi connectivity index (χ1n) is 13.8. The summed E-state index contributed by atoms with van der Waals surface area (Å²) in [6.07, 6.45) is 8.51. The van der Waals surface area contributed by atoms with E-state index in [0.717, 1.165) is 30.5 Å². The first kappa shape index (κ1) is 26.7. The Kier molecular flexibility index (Phi) is 7.45. The van der Waals surface area contributed by atoms with E-state index in [0.29, 0.717) is 50.1 Å². The van der Waals surface area contributed by atoms with Crippen LogP contribution in [0.2, 0.25) is 0 Å². The second kappa shape index (κ2) is 11.2. The summed E-state index contributed by atoms with van der Waals surface area (Å²) >= 11 is 1.84. The lowest BCUT2D eigenvalue weighted by Gasteiger charge is -2.37. The average molecular weight is 566 g/mol. The topological polar surface area (TPSA) is 121 Å². The van der Waals surface area contributed by atoms with Crippen LogP contribution in [0, 0.1) is 5.82 Å². The van der Waals surface area contributed by atoms with Crippen LogP contribution in [0.3, 0.4) is 0 Å². The molecule has 0 bridgehead atoms. The van der Waals surface area contributed by atoms with Crippen molar-refractivity contribution < 1.29 is 9.18 Å². The van der Waals surface area contributed by atoms with Crippen molar-refractivity contribution in [2.24, 2.45) is 5.73 Å². The van der Waals surface area contributed by atoms with Gasteiger partial charge in [-0.25, -0.2) is 19.2 Å². The van der Waals surface area contributed by atoms with E-state index in [2.05, 4.69) is 9.97 Å². The molecule has 210 valence electrons. The van der Waals surface area contributed by atoms with Crippen LogP contribution in [0.25, 0.3) is 16.7 Å². The Balaban J connectivity index is 1.29. The molecule has 4 aromatic heterocycles. The number of fused-ring (bicyclic) bond motifs is 2. The van der Waals surface area contributed by atoms with E-state index in [4.69, 9.17) is 5.73 Å². The fourth-order valence-electron chi connectivity index (χ4n) is 6.20. The van der Waals surface area contributed by atoms with Gasteiger partial charge in [0, 0.05) is 43.6 Å². The quantitative estimate of drug-likeness (QED) is 0.382. The standard InChI is InChI=1S/C28H32FN7O3S/c29-18-15-22-25(31-16-18)35(21-8-13-40-14-9-21)28(39)36(26(22)37)20-6-4-19(5-7-20)34(12-10-30)27(38)23-17-33-11-2-1-3-24(33)32-23/h1-3,11,15-17,19-21H,4-10,12-14,30H2/t19-,20+. The third kappa shape index (κ3) is 4.83. The smallest absolute Gasteiger partial charge is 0.333 e. The van der Waals surface area contributed by atoms with Gasteiger partial charge in [0.05, 0.1) is 11.6 Å². The number of hydrogen-bond donors (Lipinski definition) is 1. The minimum Gasteiger partial charge on any atom is -0.333 e. The molecule has 0 spiro atoms. The van der Waals surface area contributed by atoms with Crippen LogP contribution in [0.15, 0.2) is 52.4 Å². The van der Waals surface area contributed by atoms with E-state index >= 15 is 0 Å². The fourth-order valence-corrected chi connectivity index (χ4v) is 7.28. The molecule has 6 rings (SSSR count). The summed E-state index contributed by atoms with van der Waals surface area (Å²) < 4.78 is 19.0. The molecule has 0 unspecified atom stereocenters. The normalized spacial score (nSPS) is 20.2. The second-order valence-corrected chi connectivity index (χ2v) is 11.8. The van der Waals surface area contributed by atoms with Crippen LogP contribution in [0.1, 0.15) is 61.1 Å². The molecule has 0 aromatic carbocycles. The van der Waals surface area contributed by atoms with Crippen molar-refractivity contribution in [1.82, 2.24) is 28.4 Å². The summed E-state index contributed by atoms with van der Waals surface area (Å²) in [6, 6.07) is 6.26. The number of carbonyl (C=O) groups excluding carboxylic acids is 1. The Hall–Kier alpha value is -3.51. The van der Waals surface area contributed by atoms with Gasteiger partial charge < -0.3 is 15.0 Å². The largest absolute Gasteiger partial charge is 0.333 e. The highest BCUT2D eigenvalue weighted by Crippen LogP contribution is 2.32. The highest BCUT2D eigenvalue weighted by Gasteiger charge is 2.33. The number of halogens is 1. The van der Waals surface area contributed by atoms with Crippen LogP contribution < -0.4 is 17.0 Å². The molecule has 0 atom stereocenters. The summed E-state index contributed by atoms with van der Waals surface area (Å²) in [5, 5.41) is 0.131. The van der Waals surface area contributed by atoms with Gasteiger partial charge in [-0.2, -0.15) is 11.8 Å². The zero-order valence-electron chi connectivity index (χ0n) is 22.1. The maximum atomic E-state index is 14.2. The van der Waals surface area contributed by atoms with Crippen molar-refractivity contribution in [1.29, 1.82) is 0 Å². The molecule has 1 saturated carbocycles. The molecule has 2 fully saturated rings. The summed E-state index contributed by atoms with van der Waals surface area (Å²) in [5.41, 5.74) is 6.31. The van der Waals surface area contributed by atoms with E-state index in [1.54, 1.807) is 15.7 Å². The van der Waals surface area contributed by atoms with Crippen LogP contribution in [-0.2, 0) is 0 Å². The molecule has 1 aliphatic carbocycles. The number of pyridine rings is 2. The SMILES string of the molecule is NCCN(C(=O)c1cn2ccccc2n1)[C@H]1CC[C@@H](n2c(=O)c3cc(F)cnc3n(C3CCSCC3)c2=O)CC1. The lowest BCUT2D eigenvalue weighted by atomic mass is 9.89. The van der Waals surface area contributed by atoms with Gasteiger partial charge in [-0.3, -0.25) is 18.7 Å². The number of rotatable bonds is 6. The molecule has 0 radical (unpaired) electrons.